The second kappa shape index (κ2) is 6.58. The molecule has 8 heteroatoms. The minimum Gasteiger partial charge on any atom is -0.454 e. The standard InChI is InChI=1S/C22H25N5O3/c1-22(10-28-11-22)9-26-5-4-15(7-26)27-8-16(19-20(23)24-12-25-21(19)27)14-2-3-17-18(6-14)30-13-29-17/h2-3,6,8,12,15H,4-5,7,9-11,13H2,1H3,(H2,23,24,25)/t15-/m0/s1. The van der Waals surface area contributed by atoms with E-state index in [2.05, 4.69) is 32.6 Å². The van der Waals surface area contributed by atoms with E-state index in [4.69, 9.17) is 19.9 Å². The van der Waals surface area contributed by atoms with Crippen LogP contribution in [0.2, 0.25) is 0 Å². The van der Waals surface area contributed by atoms with Crippen LogP contribution in [0.3, 0.4) is 0 Å². The molecule has 3 aliphatic heterocycles. The van der Waals surface area contributed by atoms with Crippen molar-refractivity contribution in [3.8, 4) is 22.6 Å². The number of anilines is 1. The maximum absolute atomic E-state index is 6.31. The predicted octanol–water partition coefficient (Wildman–Crippen LogP) is 2.69. The van der Waals surface area contributed by atoms with Crippen molar-refractivity contribution in [1.29, 1.82) is 0 Å². The van der Waals surface area contributed by atoms with Crippen LogP contribution in [-0.4, -0.2) is 59.1 Å². The van der Waals surface area contributed by atoms with Gasteiger partial charge in [0.25, 0.3) is 0 Å². The van der Waals surface area contributed by atoms with Crippen LogP contribution in [0.5, 0.6) is 11.5 Å². The van der Waals surface area contributed by atoms with Crippen LogP contribution in [0.1, 0.15) is 19.4 Å². The number of nitrogens with two attached hydrogens (primary N) is 1. The van der Waals surface area contributed by atoms with E-state index in [-0.39, 0.29) is 12.2 Å². The summed E-state index contributed by atoms with van der Waals surface area (Å²) in [7, 11) is 0. The SMILES string of the molecule is CC1(CN2CC[C@H](n3cc(-c4ccc5c(c4)OCO5)c4c(N)ncnc43)C2)COC1. The first-order valence-electron chi connectivity index (χ1n) is 10.4. The molecule has 1 aromatic carbocycles. The zero-order chi connectivity index (χ0) is 20.3. The molecule has 3 aromatic rings. The molecule has 1 atom stereocenters. The van der Waals surface area contributed by atoms with E-state index in [1.165, 1.54) is 0 Å². The number of nitrogens with zero attached hydrogens (tertiary/aromatic N) is 4. The number of hydrogen-bond donors (Lipinski definition) is 1. The Bertz CT molecular complexity index is 1120. The van der Waals surface area contributed by atoms with Crippen molar-refractivity contribution in [1.82, 2.24) is 19.4 Å². The first-order valence-corrected chi connectivity index (χ1v) is 10.4. The van der Waals surface area contributed by atoms with Gasteiger partial charge in [-0.25, -0.2) is 9.97 Å². The molecule has 0 bridgehead atoms. The molecule has 30 heavy (non-hydrogen) atoms. The van der Waals surface area contributed by atoms with Gasteiger partial charge in [0.05, 0.1) is 18.6 Å². The third-order valence-corrected chi connectivity index (χ3v) is 6.47. The Balaban J connectivity index is 1.37. The van der Waals surface area contributed by atoms with E-state index in [9.17, 15) is 0 Å². The number of hydrogen-bond acceptors (Lipinski definition) is 7. The maximum atomic E-state index is 6.31. The van der Waals surface area contributed by atoms with Crippen LogP contribution in [0, 0.1) is 5.41 Å². The summed E-state index contributed by atoms with van der Waals surface area (Å²) in [5.41, 5.74) is 9.54. The highest BCUT2D eigenvalue weighted by molar-refractivity contribution is 6.01. The molecule has 0 unspecified atom stereocenters. The highest BCUT2D eigenvalue weighted by atomic mass is 16.7. The van der Waals surface area contributed by atoms with E-state index < -0.39 is 0 Å². The molecule has 8 nitrogen and oxygen atoms in total. The Morgan fingerprint density at radius 2 is 2.07 bits per heavy atom. The molecule has 0 saturated carbocycles. The summed E-state index contributed by atoms with van der Waals surface area (Å²) in [6.07, 6.45) is 4.82. The summed E-state index contributed by atoms with van der Waals surface area (Å²) in [5, 5.41) is 0.897. The second-order valence-electron chi connectivity index (χ2n) is 8.96. The Labute approximate surface area is 174 Å². The predicted molar refractivity (Wildman–Crippen MR) is 113 cm³/mol. The largest absolute Gasteiger partial charge is 0.454 e. The zero-order valence-corrected chi connectivity index (χ0v) is 17.0. The highest BCUT2D eigenvalue weighted by Gasteiger charge is 2.37. The number of aromatic nitrogens is 3. The van der Waals surface area contributed by atoms with Crippen molar-refractivity contribution in [2.75, 3.05) is 45.4 Å². The van der Waals surface area contributed by atoms with Gasteiger partial charge in [0, 0.05) is 42.9 Å². The summed E-state index contributed by atoms with van der Waals surface area (Å²) >= 11 is 0. The monoisotopic (exact) mass is 407 g/mol. The van der Waals surface area contributed by atoms with Gasteiger partial charge >= 0.3 is 0 Å². The highest BCUT2D eigenvalue weighted by Crippen LogP contribution is 2.41. The lowest BCUT2D eigenvalue weighted by Crippen LogP contribution is -2.48. The molecule has 3 aliphatic rings. The van der Waals surface area contributed by atoms with Gasteiger partial charge in [0.1, 0.15) is 17.8 Å². The van der Waals surface area contributed by atoms with E-state index in [1.54, 1.807) is 6.33 Å². The maximum Gasteiger partial charge on any atom is 0.231 e. The van der Waals surface area contributed by atoms with Gasteiger partial charge in [-0.1, -0.05) is 13.0 Å². The third kappa shape index (κ3) is 2.82. The quantitative estimate of drug-likeness (QED) is 0.711. The smallest absolute Gasteiger partial charge is 0.231 e. The van der Waals surface area contributed by atoms with Crippen LogP contribution >= 0.6 is 0 Å². The fourth-order valence-electron chi connectivity index (χ4n) is 4.93. The molecule has 0 spiro atoms. The fourth-order valence-corrected chi connectivity index (χ4v) is 4.93. The normalized spacial score (nSPS) is 22.5. The summed E-state index contributed by atoms with van der Waals surface area (Å²) in [6, 6.07) is 6.35. The van der Waals surface area contributed by atoms with Crippen LogP contribution in [0.4, 0.5) is 5.82 Å². The summed E-state index contributed by atoms with van der Waals surface area (Å²) in [5.74, 6) is 2.03. The molecular formula is C22H25N5O3. The molecule has 0 radical (unpaired) electrons. The van der Waals surface area contributed by atoms with Gasteiger partial charge in [-0.3, -0.25) is 0 Å². The Kier molecular flexibility index (Phi) is 3.94. The lowest BCUT2D eigenvalue weighted by atomic mass is 9.88. The van der Waals surface area contributed by atoms with Crippen molar-refractivity contribution in [2.24, 2.45) is 5.41 Å². The Morgan fingerprint density at radius 3 is 2.90 bits per heavy atom. The number of ether oxygens (including phenoxy) is 3. The average Bonchev–Trinajstić information content (AvgIpc) is 3.44. The molecule has 2 aromatic heterocycles. The zero-order valence-electron chi connectivity index (χ0n) is 17.0. The van der Waals surface area contributed by atoms with Crippen LogP contribution in [-0.2, 0) is 4.74 Å². The van der Waals surface area contributed by atoms with E-state index in [0.29, 0.717) is 11.9 Å². The molecule has 2 saturated heterocycles. The van der Waals surface area contributed by atoms with Crippen LogP contribution in [0.25, 0.3) is 22.2 Å². The number of benzene rings is 1. The minimum atomic E-state index is 0.258. The third-order valence-electron chi connectivity index (χ3n) is 6.47. The van der Waals surface area contributed by atoms with E-state index in [1.807, 2.05) is 18.2 Å². The average molecular weight is 407 g/mol. The molecule has 6 rings (SSSR count). The first kappa shape index (κ1) is 18.0. The van der Waals surface area contributed by atoms with Gasteiger partial charge in [-0.05, 0) is 24.1 Å². The Hall–Kier alpha value is -2.84. The Morgan fingerprint density at radius 1 is 1.20 bits per heavy atom. The van der Waals surface area contributed by atoms with Crippen molar-refractivity contribution in [2.45, 2.75) is 19.4 Å². The molecule has 0 aliphatic carbocycles. The minimum absolute atomic E-state index is 0.258. The number of nitrogen functional groups attached to an aromatic ring is 1. The van der Waals surface area contributed by atoms with Crippen molar-refractivity contribution in [3.05, 3.63) is 30.7 Å². The summed E-state index contributed by atoms with van der Waals surface area (Å²) in [6.45, 7) is 7.45. The molecular weight excluding hydrogens is 382 g/mol. The molecule has 156 valence electrons. The number of rotatable bonds is 4. The van der Waals surface area contributed by atoms with Crippen molar-refractivity contribution >= 4 is 16.9 Å². The molecule has 2 fully saturated rings. The summed E-state index contributed by atoms with van der Waals surface area (Å²) < 4.78 is 18.8. The van der Waals surface area contributed by atoms with Crippen LogP contribution < -0.4 is 15.2 Å². The van der Waals surface area contributed by atoms with Crippen LogP contribution in [0.15, 0.2) is 30.7 Å². The second-order valence-corrected chi connectivity index (χ2v) is 8.96. The lowest BCUT2D eigenvalue weighted by molar-refractivity contribution is -0.113. The van der Waals surface area contributed by atoms with Crippen molar-refractivity contribution < 1.29 is 14.2 Å². The van der Waals surface area contributed by atoms with Gasteiger partial charge in [-0.15, -0.1) is 0 Å². The molecule has 5 heterocycles. The van der Waals surface area contributed by atoms with Gasteiger partial charge in [0.2, 0.25) is 6.79 Å². The molecule has 0 amide bonds. The summed E-state index contributed by atoms with van der Waals surface area (Å²) in [4.78, 5) is 11.4. The van der Waals surface area contributed by atoms with E-state index in [0.717, 1.165) is 72.9 Å². The van der Waals surface area contributed by atoms with Gasteiger partial charge in [0.15, 0.2) is 11.5 Å². The fraction of sp³-hybridized carbons (Fsp3) is 0.455. The van der Waals surface area contributed by atoms with E-state index >= 15 is 0 Å². The number of likely N-dealkylation sites (tertiary alicyclic amines) is 1. The molecule has 2 N–H and O–H groups in total. The number of fused-ring (bicyclic) bond motifs is 2. The lowest BCUT2D eigenvalue weighted by Gasteiger charge is -2.40. The van der Waals surface area contributed by atoms with Crippen molar-refractivity contribution in [3.63, 3.8) is 0 Å². The van der Waals surface area contributed by atoms with Gasteiger partial charge in [-0.2, -0.15) is 0 Å². The first-order chi connectivity index (χ1) is 14.6. The van der Waals surface area contributed by atoms with Gasteiger partial charge < -0.3 is 29.4 Å². The topological polar surface area (TPSA) is 87.7 Å².